The second kappa shape index (κ2) is 11.1. The van der Waals surface area contributed by atoms with Crippen LogP contribution < -0.4 is 10.1 Å². The standard InChI is InChI=1S/C28H30FN3O3/c1-19(2)20-10-12-22(13-11-20)27(21-7-4-3-5-8-21)31-28(34)25-15-23(29)17-32(25)26(33)18-35-24-9-6-14-30-16-24/h3-14,16,19,23,25,27H,15,17-18H2,1-2H3,(H,31,34)/t23-,25?,27+/m1/s1. The van der Waals surface area contributed by atoms with Crippen molar-refractivity contribution < 1.29 is 18.7 Å². The molecule has 3 atom stereocenters. The molecule has 1 unspecified atom stereocenters. The van der Waals surface area contributed by atoms with E-state index in [9.17, 15) is 14.0 Å². The Bertz CT molecular complexity index is 1120. The molecule has 1 aromatic heterocycles. The Balaban J connectivity index is 1.51. The first-order valence-corrected chi connectivity index (χ1v) is 11.8. The molecule has 0 radical (unpaired) electrons. The van der Waals surface area contributed by atoms with Gasteiger partial charge in [0, 0.05) is 12.6 Å². The normalized spacial score (nSPS) is 18.3. The lowest BCUT2D eigenvalue weighted by molar-refractivity contribution is -0.140. The number of pyridine rings is 1. The van der Waals surface area contributed by atoms with Gasteiger partial charge in [-0.15, -0.1) is 0 Å². The van der Waals surface area contributed by atoms with Crippen LogP contribution in [0.2, 0.25) is 0 Å². The molecule has 7 heteroatoms. The van der Waals surface area contributed by atoms with E-state index in [2.05, 4.69) is 36.3 Å². The SMILES string of the molecule is CC(C)c1ccc([C@@H](NC(=O)C2C[C@@H](F)CN2C(=O)COc2cccnc2)c2ccccc2)cc1. The highest BCUT2D eigenvalue weighted by Gasteiger charge is 2.40. The molecule has 0 saturated carbocycles. The van der Waals surface area contributed by atoms with E-state index in [1.807, 2.05) is 42.5 Å². The van der Waals surface area contributed by atoms with Crippen molar-refractivity contribution in [2.45, 2.75) is 44.4 Å². The molecule has 4 rings (SSSR count). The molecule has 1 fully saturated rings. The van der Waals surface area contributed by atoms with Gasteiger partial charge in [-0.2, -0.15) is 0 Å². The minimum absolute atomic E-state index is 0.0434. The summed E-state index contributed by atoms with van der Waals surface area (Å²) in [5, 5.41) is 3.07. The summed E-state index contributed by atoms with van der Waals surface area (Å²) in [7, 11) is 0. The second-order valence-corrected chi connectivity index (χ2v) is 9.05. The van der Waals surface area contributed by atoms with Gasteiger partial charge in [-0.05, 0) is 34.7 Å². The predicted molar refractivity (Wildman–Crippen MR) is 132 cm³/mol. The Morgan fingerprint density at radius 1 is 1.03 bits per heavy atom. The van der Waals surface area contributed by atoms with Crippen LogP contribution in [0.1, 0.15) is 48.9 Å². The zero-order valence-corrected chi connectivity index (χ0v) is 19.9. The van der Waals surface area contributed by atoms with Crippen molar-refractivity contribution in [1.82, 2.24) is 15.2 Å². The number of halogens is 1. The monoisotopic (exact) mass is 475 g/mol. The van der Waals surface area contributed by atoms with Crippen molar-refractivity contribution in [3.05, 3.63) is 95.8 Å². The zero-order valence-electron chi connectivity index (χ0n) is 19.9. The molecular weight excluding hydrogens is 445 g/mol. The molecule has 6 nitrogen and oxygen atoms in total. The molecular formula is C28H30FN3O3. The summed E-state index contributed by atoms with van der Waals surface area (Å²) in [5.74, 6) is 0.00227. The number of amides is 2. The third-order valence-electron chi connectivity index (χ3n) is 6.23. The first-order chi connectivity index (χ1) is 16.9. The molecule has 1 saturated heterocycles. The zero-order chi connectivity index (χ0) is 24.8. The van der Waals surface area contributed by atoms with Crippen LogP contribution in [0.5, 0.6) is 5.75 Å². The number of likely N-dealkylation sites (tertiary alicyclic amines) is 1. The molecule has 1 aliphatic heterocycles. The Morgan fingerprint density at radius 3 is 2.37 bits per heavy atom. The van der Waals surface area contributed by atoms with Gasteiger partial charge in [0.05, 0.1) is 18.8 Å². The summed E-state index contributed by atoms with van der Waals surface area (Å²) < 4.78 is 19.9. The molecule has 35 heavy (non-hydrogen) atoms. The van der Waals surface area contributed by atoms with E-state index >= 15 is 0 Å². The third kappa shape index (κ3) is 6.04. The van der Waals surface area contributed by atoms with Crippen LogP contribution in [0.3, 0.4) is 0 Å². The number of nitrogens with one attached hydrogen (secondary N) is 1. The van der Waals surface area contributed by atoms with Crippen LogP contribution in [0.4, 0.5) is 4.39 Å². The highest BCUT2D eigenvalue weighted by atomic mass is 19.1. The first-order valence-electron chi connectivity index (χ1n) is 11.8. The molecule has 1 aliphatic rings. The smallest absolute Gasteiger partial charge is 0.261 e. The molecule has 2 heterocycles. The second-order valence-electron chi connectivity index (χ2n) is 9.05. The number of rotatable bonds is 8. The number of carbonyl (C=O) groups excluding carboxylic acids is 2. The number of benzene rings is 2. The van der Waals surface area contributed by atoms with E-state index in [0.29, 0.717) is 11.7 Å². The van der Waals surface area contributed by atoms with E-state index in [1.54, 1.807) is 18.3 Å². The van der Waals surface area contributed by atoms with Crippen molar-refractivity contribution in [2.24, 2.45) is 0 Å². The number of carbonyl (C=O) groups is 2. The fourth-order valence-electron chi connectivity index (χ4n) is 4.29. The average molecular weight is 476 g/mol. The highest BCUT2D eigenvalue weighted by molar-refractivity contribution is 5.89. The van der Waals surface area contributed by atoms with Crippen LogP contribution in [0.25, 0.3) is 0 Å². The summed E-state index contributed by atoms with van der Waals surface area (Å²) >= 11 is 0. The van der Waals surface area contributed by atoms with Gasteiger partial charge in [-0.1, -0.05) is 68.4 Å². The lowest BCUT2D eigenvalue weighted by Gasteiger charge is -2.27. The first kappa shape index (κ1) is 24.4. The molecule has 0 spiro atoms. The van der Waals surface area contributed by atoms with Crippen molar-refractivity contribution in [3.8, 4) is 5.75 Å². The van der Waals surface area contributed by atoms with Gasteiger partial charge < -0.3 is 15.0 Å². The summed E-state index contributed by atoms with van der Waals surface area (Å²) in [6.45, 7) is 3.83. The largest absolute Gasteiger partial charge is 0.482 e. The number of nitrogens with zero attached hydrogens (tertiary/aromatic N) is 2. The quantitative estimate of drug-likeness (QED) is 0.523. The van der Waals surface area contributed by atoms with Crippen LogP contribution in [0.15, 0.2) is 79.1 Å². The Hall–Kier alpha value is -3.74. The number of ether oxygens (including phenoxy) is 1. The van der Waals surface area contributed by atoms with Gasteiger partial charge in [0.2, 0.25) is 5.91 Å². The topological polar surface area (TPSA) is 71.5 Å². The fraction of sp³-hybridized carbons (Fsp3) is 0.321. The van der Waals surface area contributed by atoms with Gasteiger partial charge in [0.1, 0.15) is 18.0 Å². The summed E-state index contributed by atoms with van der Waals surface area (Å²) in [6, 6.07) is 19.8. The Morgan fingerprint density at radius 2 is 1.71 bits per heavy atom. The predicted octanol–water partition coefficient (Wildman–Crippen LogP) is 4.43. The van der Waals surface area contributed by atoms with E-state index < -0.39 is 24.2 Å². The van der Waals surface area contributed by atoms with E-state index in [1.165, 1.54) is 16.7 Å². The number of hydrogen-bond donors (Lipinski definition) is 1. The van der Waals surface area contributed by atoms with Crippen molar-refractivity contribution in [3.63, 3.8) is 0 Å². The van der Waals surface area contributed by atoms with Gasteiger partial charge in [-0.25, -0.2) is 4.39 Å². The third-order valence-corrected chi connectivity index (χ3v) is 6.23. The van der Waals surface area contributed by atoms with Gasteiger partial charge >= 0.3 is 0 Å². The Labute approximate surface area is 205 Å². The van der Waals surface area contributed by atoms with E-state index in [0.717, 1.165) is 11.1 Å². The van der Waals surface area contributed by atoms with Crippen LogP contribution in [-0.4, -0.2) is 47.1 Å². The van der Waals surface area contributed by atoms with Crippen molar-refractivity contribution in [2.75, 3.05) is 13.2 Å². The minimum atomic E-state index is -1.27. The summed E-state index contributed by atoms with van der Waals surface area (Å²) in [4.78, 5) is 31.5. The summed E-state index contributed by atoms with van der Waals surface area (Å²) in [6.07, 6.45) is 1.78. The van der Waals surface area contributed by atoms with Crippen LogP contribution in [-0.2, 0) is 9.59 Å². The maximum absolute atomic E-state index is 14.4. The molecule has 0 aliphatic carbocycles. The lowest BCUT2D eigenvalue weighted by atomic mass is 9.95. The maximum Gasteiger partial charge on any atom is 0.261 e. The number of aromatic nitrogens is 1. The van der Waals surface area contributed by atoms with Gasteiger partial charge in [0.15, 0.2) is 6.61 Å². The molecule has 2 amide bonds. The van der Waals surface area contributed by atoms with E-state index in [4.69, 9.17) is 4.74 Å². The number of hydrogen-bond acceptors (Lipinski definition) is 4. The van der Waals surface area contributed by atoms with Crippen molar-refractivity contribution >= 4 is 11.8 Å². The highest BCUT2D eigenvalue weighted by Crippen LogP contribution is 2.27. The van der Waals surface area contributed by atoms with E-state index in [-0.39, 0.29) is 25.5 Å². The fourth-order valence-corrected chi connectivity index (χ4v) is 4.29. The van der Waals surface area contributed by atoms with Crippen LogP contribution in [0, 0.1) is 0 Å². The van der Waals surface area contributed by atoms with Crippen LogP contribution >= 0.6 is 0 Å². The number of alkyl halides is 1. The van der Waals surface area contributed by atoms with Gasteiger partial charge in [0.25, 0.3) is 5.91 Å². The average Bonchev–Trinajstić information content (AvgIpc) is 3.29. The molecule has 3 aromatic rings. The molecule has 1 N–H and O–H groups in total. The van der Waals surface area contributed by atoms with Gasteiger partial charge in [-0.3, -0.25) is 14.6 Å². The minimum Gasteiger partial charge on any atom is -0.482 e. The van der Waals surface area contributed by atoms with Crippen molar-refractivity contribution in [1.29, 1.82) is 0 Å². The molecule has 2 aromatic carbocycles. The molecule has 182 valence electrons. The summed E-state index contributed by atoms with van der Waals surface area (Å²) in [5.41, 5.74) is 3.03. The Kier molecular flexibility index (Phi) is 7.75. The maximum atomic E-state index is 14.4. The lowest BCUT2D eigenvalue weighted by Crippen LogP contribution is -2.48. The molecule has 0 bridgehead atoms.